The van der Waals surface area contributed by atoms with Gasteiger partial charge in [-0.2, -0.15) is 5.10 Å². The van der Waals surface area contributed by atoms with Crippen LogP contribution in [0, 0.1) is 0 Å². The molecule has 1 aromatic rings. The van der Waals surface area contributed by atoms with Crippen molar-refractivity contribution in [2.45, 2.75) is 50.6 Å². The van der Waals surface area contributed by atoms with Gasteiger partial charge in [-0.25, -0.2) is 4.68 Å². The second kappa shape index (κ2) is 6.43. The van der Waals surface area contributed by atoms with Crippen LogP contribution >= 0.6 is 0 Å². The van der Waals surface area contributed by atoms with Gasteiger partial charge in [0.2, 0.25) is 5.91 Å². The summed E-state index contributed by atoms with van der Waals surface area (Å²) in [5.74, 6) is 0.477. The number of amides is 1. The van der Waals surface area contributed by atoms with E-state index >= 15 is 0 Å². The van der Waals surface area contributed by atoms with E-state index in [9.17, 15) is 9.59 Å². The van der Waals surface area contributed by atoms with Gasteiger partial charge < -0.3 is 9.80 Å². The van der Waals surface area contributed by atoms with Gasteiger partial charge in [-0.05, 0) is 52.8 Å². The predicted molar refractivity (Wildman–Crippen MR) is 88.5 cm³/mol. The summed E-state index contributed by atoms with van der Waals surface area (Å²) in [5, 5.41) is 4.44. The Kier molecular flexibility index (Phi) is 4.53. The van der Waals surface area contributed by atoms with E-state index in [0.717, 1.165) is 44.5 Å². The quantitative estimate of drug-likeness (QED) is 0.838. The normalized spacial score (nSPS) is 20.8. The molecule has 0 radical (unpaired) electrons. The van der Waals surface area contributed by atoms with Gasteiger partial charge >= 0.3 is 0 Å². The average molecular weight is 318 g/mol. The Hall–Kier alpha value is -1.69. The summed E-state index contributed by atoms with van der Waals surface area (Å²) < 4.78 is 1.37. The van der Waals surface area contributed by atoms with Crippen molar-refractivity contribution in [3.8, 4) is 0 Å². The maximum atomic E-state index is 12.7. The van der Waals surface area contributed by atoms with E-state index in [1.54, 1.807) is 19.1 Å². The van der Waals surface area contributed by atoms with Crippen LogP contribution < -0.4 is 5.56 Å². The monoisotopic (exact) mass is 318 g/mol. The van der Waals surface area contributed by atoms with Crippen LogP contribution in [-0.2, 0) is 4.79 Å². The highest BCUT2D eigenvalue weighted by atomic mass is 16.2. The van der Waals surface area contributed by atoms with Gasteiger partial charge in [0.05, 0.1) is 5.69 Å². The van der Waals surface area contributed by atoms with Crippen molar-refractivity contribution in [2.75, 3.05) is 27.2 Å². The molecule has 6 nitrogen and oxygen atoms in total. The summed E-state index contributed by atoms with van der Waals surface area (Å²) in [7, 11) is 4.16. The van der Waals surface area contributed by atoms with Gasteiger partial charge in [0.15, 0.2) is 0 Å². The predicted octanol–water partition coefficient (Wildman–Crippen LogP) is 1.23. The van der Waals surface area contributed by atoms with E-state index in [1.807, 2.05) is 4.90 Å². The van der Waals surface area contributed by atoms with E-state index in [0.29, 0.717) is 12.0 Å². The Balaban J connectivity index is 1.70. The molecule has 2 aliphatic rings. The summed E-state index contributed by atoms with van der Waals surface area (Å²) in [4.78, 5) is 28.9. The summed E-state index contributed by atoms with van der Waals surface area (Å²) in [6.45, 7) is 3.29. The summed E-state index contributed by atoms with van der Waals surface area (Å²) in [5.41, 5.74) is 0.744. The van der Waals surface area contributed by atoms with Gasteiger partial charge in [-0.15, -0.1) is 0 Å². The molecule has 3 rings (SSSR count). The van der Waals surface area contributed by atoms with E-state index in [4.69, 9.17) is 0 Å². The molecule has 1 aliphatic heterocycles. The number of carbonyl (C=O) groups excluding carboxylic acids is 1. The first-order valence-corrected chi connectivity index (χ1v) is 8.52. The van der Waals surface area contributed by atoms with Gasteiger partial charge in [-0.1, -0.05) is 0 Å². The standard InChI is InChI=1S/C17H26N4O2/c1-12(17(23)20-10-8-14(9-11-20)19(2)3)21-16(22)7-6-15(18-21)13-4-5-13/h6-7,12-14H,4-5,8-11H2,1-3H3. The van der Waals surface area contributed by atoms with Crippen molar-refractivity contribution in [1.29, 1.82) is 0 Å². The minimum Gasteiger partial charge on any atom is -0.341 e. The van der Waals surface area contributed by atoms with Crippen molar-refractivity contribution in [3.05, 3.63) is 28.2 Å². The highest BCUT2D eigenvalue weighted by molar-refractivity contribution is 5.80. The number of aromatic nitrogens is 2. The fraction of sp³-hybridized carbons (Fsp3) is 0.706. The van der Waals surface area contributed by atoms with Crippen LogP contribution in [0.4, 0.5) is 0 Å². The van der Waals surface area contributed by atoms with Crippen LogP contribution in [0.5, 0.6) is 0 Å². The van der Waals surface area contributed by atoms with Crippen LogP contribution in [0.3, 0.4) is 0 Å². The smallest absolute Gasteiger partial charge is 0.267 e. The lowest BCUT2D eigenvalue weighted by atomic mass is 10.0. The molecule has 1 amide bonds. The third kappa shape index (κ3) is 3.47. The molecule has 1 aliphatic carbocycles. The van der Waals surface area contributed by atoms with Gasteiger partial charge in [0, 0.05) is 31.1 Å². The lowest BCUT2D eigenvalue weighted by Crippen LogP contribution is -2.47. The molecule has 0 bridgehead atoms. The van der Waals surface area contributed by atoms with E-state index < -0.39 is 6.04 Å². The second-order valence-corrected chi connectivity index (χ2v) is 7.01. The molecule has 0 aromatic carbocycles. The molecule has 1 atom stereocenters. The average Bonchev–Trinajstić information content (AvgIpc) is 3.39. The number of hydrogen-bond acceptors (Lipinski definition) is 4. The van der Waals surface area contributed by atoms with Gasteiger partial charge in [0.25, 0.3) is 5.56 Å². The van der Waals surface area contributed by atoms with Gasteiger partial charge in [-0.3, -0.25) is 9.59 Å². The molecule has 0 spiro atoms. The van der Waals surface area contributed by atoms with E-state index in [-0.39, 0.29) is 11.5 Å². The molecule has 126 valence electrons. The van der Waals surface area contributed by atoms with Gasteiger partial charge in [0.1, 0.15) is 6.04 Å². The Morgan fingerprint density at radius 1 is 1.22 bits per heavy atom. The van der Waals surface area contributed by atoms with E-state index in [1.165, 1.54) is 4.68 Å². The Labute approximate surface area is 137 Å². The number of piperidine rings is 1. The third-order valence-electron chi connectivity index (χ3n) is 5.07. The Bertz CT molecular complexity index is 628. The fourth-order valence-electron chi connectivity index (χ4n) is 3.29. The summed E-state index contributed by atoms with van der Waals surface area (Å²) >= 11 is 0. The molecule has 1 unspecified atom stereocenters. The number of hydrogen-bond donors (Lipinski definition) is 0. The zero-order valence-corrected chi connectivity index (χ0v) is 14.2. The topological polar surface area (TPSA) is 58.4 Å². The molecule has 2 fully saturated rings. The maximum Gasteiger partial charge on any atom is 0.267 e. The Morgan fingerprint density at radius 3 is 2.43 bits per heavy atom. The second-order valence-electron chi connectivity index (χ2n) is 7.01. The SMILES string of the molecule is CC(C(=O)N1CCC(N(C)C)CC1)n1nc(C2CC2)ccc1=O. The summed E-state index contributed by atoms with van der Waals surface area (Å²) in [6, 6.07) is 3.35. The molecule has 0 N–H and O–H groups in total. The lowest BCUT2D eigenvalue weighted by molar-refractivity contribution is -0.136. The Morgan fingerprint density at radius 2 is 1.87 bits per heavy atom. The first-order valence-electron chi connectivity index (χ1n) is 8.52. The van der Waals surface area contributed by atoms with E-state index in [2.05, 4.69) is 24.1 Å². The zero-order valence-electron chi connectivity index (χ0n) is 14.2. The third-order valence-corrected chi connectivity index (χ3v) is 5.07. The molecular weight excluding hydrogens is 292 g/mol. The molecular formula is C17H26N4O2. The first-order chi connectivity index (χ1) is 11.0. The number of carbonyl (C=O) groups is 1. The first kappa shape index (κ1) is 16.2. The molecule has 1 saturated heterocycles. The van der Waals surface area contributed by atoms with Crippen LogP contribution in [0.25, 0.3) is 0 Å². The highest BCUT2D eigenvalue weighted by Crippen LogP contribution is 2.38. The molecule has 2 heterocycles. The minimum atomic E-state index is -0.530. The van der Waals surface area contributed by atoms with Crippen molar-refractivity contribution in [3.63, 3.8) is 0 Å². The molecule has 23 heavy (non-hydrogen) atoms. The number of rotatable bonds is 4. The van der Waals surface area contributed by atoms with Crippen molar-refractivity contribution >= 4 is 5.91 Å². The number of nitrogens with zero attached hydrogens (tertiary/aromatic N) is 4. The fourth-order valence-corrected chi connectivity index (χ4v) is 3.29. The molecule has 1 aromatic heterocycles. The van der Waals surface area contributed by atoms with Crippen molar-refractivity contribution < 1.29 is 4.79 Å². The highest BCUT2D eigenvalue weighted by Gasteiger charge is 2.30. The van der Waals surface area contributed by atoms with Crippen molar-refractivity contribution in [1.82, 2.24) is 19.6 Å². The van der Waals surface area contributed by atoms with Crippen LogP contribution in [0.1, 0.15) is 50.3 Å². The van der Waals surface area contributed by atoms with Crippen LogP contribution in [0.2, 0.25) is 0 Å². The molecule has 6 heteroatoms. The number of likely N-dealkylation sites (tertiary alicyclic amines) is 1. The maximum absolute atomic E-state index is 12.7. The molecule has 1 saturated carbocycles. The van der Waals surface area contributed by atoms with Crippen LogP contribution in [-0.4, -0.2) is 58.7 Å². The summed E-state index contributed by atoms with van der Waals surface area (Å²) in [6.07, 6.45) is 4.23. The van der Waals surface area contributed by atoms with Crippen LogP contribution in [0.15, 0.2) is 16.9 Å². The lowest BCUT2D eigenvalue weighted by Gasteiger charge is -2.36. The largest absolute Gasteiger partial charge is 0.341 e. The zero-order chi connectivity index (χ0) is 16.6. The minimum absolute atomic E-state index is 0.00440. The van der Waals surface area contributed by atoms with Crippen molar-refractivity contribution in [2.24, 2.45) is 0 Å².